The predicted octanol–water partition coefficient (Wildman–Crippen LogP) is 1.66. The van der Waals surface area contributed by atoms with Crippen LogP contribution in [0.25, 0.3) is 16.9 Å². The Bertz CT molecular complexity index is 1580. The van der Waals surface area contributed by atoms with Gasteiger partial charge in [-0.1, -0.05) is 6.07 Å². The molecule has 3 aliphatic rings. The highest BCUT2D eigenvalue weighted by Gasteiger charge is 2.64. The van der Waals surface area contributed by atoms with Crippen molar-refractivity contribution in [2.45, 2.75) is 24.5 Å². The monoisotopic (exact) mass is 580 g/mol. The number of phenols is 1. The van der Waals surface area contributed by atoms with Crippen molar-refractivity contribution in [2.24, 2.45) is 17.6 Å². The zero-order chi connectivity index (χ0) is 30.8. The number of aliphatic hydroxyl groups is 3. The topological polar surface area (TPSA) is 189 Å². The van der Waals surface area contributed by atoms with Gasteiger partial charge in [0.15, 0.2) is 22.9 Å². The smallest absolute Gasteiger partial charge is 0.255 e. The number of hydrogen-bond donors (Lipinski definition) is 5. The van der Waals surface area contributed by atoms with Gasteiger partial charge in [0, 0.05) is 11.5 Å². The first kappa shape index (κ1) is 29.0. The standard InChI is InChI=1S/C30H32N2O10/c1-32(2)23-16-9-13-8-15-14(12-10-18(40-3)26(42-5)19(11-12)41-4)6-7-17(33)21(15)24(34)20(13)27(36)30(16,39)28(37)22(25(23)35)29(31)38/h6-7,10-11,13,16,23,33-34,37,39H,8-9H2,1-5H3,(H2,31,38)/t13-,16-,23-,30-/m0/s1. The highest BCUT2D eigenvalue weighted by Crippen LogP contribution is 2.54. The highest BCUT2D eigenvalue weighted by atomic mass is 16.5. The Morgan fingerprint density at radius 1 is 1.02 bits per heavy atom. The van der Waals surface area contributed by atoms with Gasteiger partial charge in [0.1, 0.15) is 22.8 Å². The first-order chi connectivity index (χ1) is 19.8. The Morgan fingerprint density at radius 2 is 1.64 bits per heavy atom. The number of methoxy groups -OCH3 is 3. The molecule has 3 aliphatic carbocycles. The number of ketones is 2. The SMILES string of the molecule is COc1cc(-c2ccc(O)c3c2C[C@H]2C[C@H]4[C@H](N(C)C)C(=O)C(C(N)=O)=C(O)[C@@]4(O)C(=O)C2=C3O)cc(OC)c1OC. The summed E-state index contributed by atoms with van der Waals surface area (Å²) < 4.78 is 16.4. The van der Waals surface area contributed by atoms with E-state index in [1.165, 1.54) is 32.3 Å². The highest BCUT2D eigenvalue weighted by molar-refractivity contribution is 6.24. The summed E-state index contributed by atoms with van der Waals surface area (Å²) in [6.45, 7) is 0. The summed E-state index contributed by atoms with van der Waals surface area (Å²) in [5.74, 6) is -5.93. The fraction of sp³-hybridized carbons (Fsp3) is 0.367. The molecule has 5 rings (SSSR count). The third-order valence-corrected chi connectivity index (χ3v) is 8.58. The number of amides is 1. The van der Waals surface area contributed by atoms with E-state index in [4.69, 9.17) is 19.9 Å². The number of benzene rings is 2. The Labute approximate surface area is 241 Å². The van der Waals surface area contributed by atoms with Crippen LogP contribution in [0.1, 0.15) is 17.5 Å². The van der Waals surface area contributed by atoms with E-state index in [2.05, 4.69) is 0 Å². The number of Topliss-reactive ketones (excluding diaryl/α,β-unsaturated/α-hetero) is 2. The van der Waals surface area contributed by atoms with Crippen LogP contribution in [0, 0.1) is 11.8 Å². The van der Waals surface area contributed by atoms with Crippen LogP contribution >= 0.6 is 0 Å². The van der Waals surface area contributed by atoms with Crippen molar-refractivity contribution in [3.8, 4) is 34.1 Å². The number of fused-ring (bicyclic) bond motifs is 3. The molecule has 0 aliphatic heterocycles. The third kappa shape index (κ3) is 3.86. The minimum atomic E-state index is -2.70. The molecule has 0 aromatic heterocycles. The van der Waals surface area contributed by atoms with Crippen molar-refractivity contribution < 1.29 is 49.0 Å². The molecule has 1 amide bonds. The molecule has 12 heteroatoms. The molecule has 0 saturated heterocycles. The van der Waals surface area contributed by atoms with Gasteiger partial charge in [-0.2, -0.15) is 0 Å². The Balaban J connectivity index is 1.74. The molecule has 12 nitrogen and oxygen atoms in total. The third-order valence-electron chi connectivity index (χ3n) is 8.58. The van der Waals surface area contributed by atoms with E-state index in [0.29, 0.717) is 33.9 Å². The lowest BCUT2D eigenvalue weighted by Crippen LogP contribution is -2.65. The van der Waals surface area contributed by atoms with Crippen LogP contribution < -0.4 is 19.9 Å². The van der Waals surface area contributed by atoms with E-state index in [9.17, 15) is 34.8 Å². The molecule has 6 N–H and O–H groups in total. The van der Waals surface area contributed by atoms with Crippen LogP contribution in [0.4, 0.5) is 0 Å². The number of aromatic hydroxyl groups is 1. The van der Waals surface area contributed by atoms with E-state index < -0.39 is 58.0 Å². The summed E-state index contributed by atoms with van der Waals surface area (Å²) in [6.07, 6.45) is 0.116. The number of carbonyl (C=O) groups is 3. The number of likely N-dealkylation sites (N-methyl/N-ethyl adjacent to an activating group) is 1. The molecule has 1 fully saturated rings. The summed E-state index contributed by atoms with van der Waals surface area (Å²) in [4.78, 5) is 40.9. The molecule has 0 radical (unpaired) electrons. The summed E-state index contributed by atoms with van der Waals surface area (Å²) in [6, 6.07) is 5.29. The minimum Gasteiger partial charge on any atom is -0.508 e. The molecule has 4 atom stereocenters. The molecular weight excluding hydrogens is 548 g/mol. The van der Waals surface area contributed by atoms with Crippen molar-refractivity contribution >= 4 is 23.2 Å². The number of hydrogen-bond acceptors (Lipinski definition) is 11. The average molecular weight is 581 g/mol. The molecule has 2 aromatic rings. The lowest BCUT2D eigenvalue weighted by molar-refractivity contribution is -0.153. The molecule has 222 valence electrons. The average Bonchev–Trinajstić information content (AvgIpc) is 2.93. The molecule has 0 bridgehead atoms. The predicted molar refractivity (Wildman–Crippen MR) is 149 cm³/mol. The van der Waals surface area contributed by atoms with Gasteiger partial charge in [0.05, 0.1) is 32.9 Å². The van der Waals surface area contributed by atoms with Gasteiger partial charge in [-0.25, -0.2) is 0 Å². The van der Waals surface area contributed by atoms with Crippen molar-refractivity contribution in [2.75, 3.05) is 35.4 Å². The molecule has 0 spiro atoms. The Morgan fingerprint density at radius 3 is 2.17 bits per heavy atom. The van der Waals surface area contributed by atoms with E-state index in [1.807, 2.05) is 0 Å². The zero-order valence-corrected chi connectivity index (χ0v) is 23.7. The fourth-order valence-electron chi connectivity index (χ4n) is 6.75. The zero-order valence-electron chi connectivity index (χ0n) is 23.7. The van der Waals surface area contributed by atoms with Gasteiger partial charge in [-0.15, -0.1) is 0 Å². The number of primary amides is 1. The van der Waals surface area contributed by atoms with Gasteiger partial charge >= 0.3 is 0 Å². The maximum atomic E-state index is 14.0. The first-order valence-corrected chi connectivity index (χ1v) is 13.1. The largest absolute Gasteiger partial charge is 0.508 e. The van der Waals surface area contributed by atoms with Crippen LogP contribution in [0.5, 0.6) is 23.0 Å². The molecule has 42 heavy (non-hydrogen) atoms. The number of aliphatic hydroxyl groups excluding tert-OH is 2. The maximum absolute atomic E-state index is 14.0. The lowest BCUT2D eigenvalue weighted by Gasteiger charge is -2.50. The molecule has 1 saturated carbocycles. The van der Waals surface area contributed by atoms with E-state index in [1.54, 1.807) is 32.3 Å². The van der Waals surface area contributed by atoms with Gasteiger partial charge in [-0.05, 0) is 67.7 Å². The van der Waals surface area contributed by atoms with E-state index in [-0.39, 0.29) is 29.7 Å². The fourth-order valence-corrected chi connectivity index (χ4v) is 6.75. The Kier molecular flexibility index (Phi) is 6.94. The van der Waals surface area contributed by atoms with Gasteiger partial charge in [0.2, 0.25) is 11.5 Å². The maximum Gasteiger partial charge on any atom is 0.255 e. The number of ether oxygens (including phenoxy) is 3. The second-order valence-corrected chi connectivity index (χ2v) is 10.9. The molecule has 0 heterocycles. The van der Waals surface area contributed by atoms with Crippen LogP contribution in [0.2, 0.25) is 0 Å². The molecule has 0 unspecified atom stereocenters. The number of nitrogens with two attached hydrogens (primary N) is 1. The second kappa shape index (κ2) is 10.1. The van der Waals surface area contributed by atoms with Crippen molar-refractivity contribution in [3.05, 3.63) is 52.3 Å². The van der Waals surface area contributed by atoms with Gasteiger partial charge in [0.25, 0.3) is 5.91 Å². The second-order valence-electron chi connectivity index (χ2n) is 10.9. The van der Waals surface area contributed by atoms with Crippen molar-refractivity contribution in [1.82, 2.24) is 4.90 Å². The van der Waals surface area contributed by atoms with E-state index >= 15 is 0 Å². The molecule has 2 aromatic carbocycles. The first-order valence-electron chi connectivity index (χ1n) is 13.1. The number of nitrogens with zero attached hydrogens (tertiary/aromatic N) is 1. The minimum absolute atomic E-state index is 0.0162. The summed E-state index contributed by atoms with van der Waals surface area (Å²) >= 11 is 0. The van der Waals surface area contributed by atoms with Gasteiger partial charge < -0.3 is 40.4 Å². The number of rotatable bonds is 6. The lowest BCUT2D eigenvalue weighted by atomic mass is 9.57. The van der Waals surface area contributed by atoms with Crippen LogP contribution in [0.3, 0.4) is 0 Å². The summed E-state index contributed by atoms with van der Waals surface area (Å²) in [5.41, 5.74) is 3.30. The quantitative estimate of drug-likeness (QED) is 0.313. The van der Waals surface area contributed by atoms with Gasteiger partial charge in [-0.3, -0.25) is 19.3 Å². The van der Waals surface area contributed by atoms with Crippen LogP contribution in [-0.2, 0) is 20.8 Å². The number of carbonyl (C=O) groups excluding carboxylic acids is 3. The van der Waals surface area contributed by atoms with Crippen LogP contribution in [0.15, 0.2) is 41.2 Å². The van der Waals surface area contributed by atoms with E-state index in [0.717, 1.165) is 0 Å². The molecular formula is C30H32N2O10. The summed E-state index contributed by atoms with van der Waals surface area (Å²) in [7, 11) is 7.53. The summed E-state index contributed by atoms with van der Waals surface area (Å²) in [5, 5.41) is 45.1. The normalized spacial score (nSPS) is 25.2. The van der Waals surface area contributed by atoms with Crippen molar-refractivity contribution in [3.63, 3.8) is 0 Å². The van der Waals surface area contributed by atoms with Crippen molar-refractivity contribution in [1.29, 1.82) is 0 Å². The number of phenolic OH excluding ortho intramolecular Hbond substituents is 1. The Hall–Kier alpha value is -4.55. The van der Waals surface area contributed by atoms with Crippen LogP contribution in [-0.4, -0.2) is 89.9 Å².